The van der Waals surface area contributed by atoms with Crippen molar-refractivity contribution in [2.75, 3.05) is 6.54 Å². The number of carboxylic acid groups (broad SMARTS) is 1. The third kappa shape index (κ3) is 3.98. The summed E-state index contributed by atoms with van der Waals surface area (Å²) in [4.78, 5) is 22.1. The van der Waals surface area contributed by atoms with Crippen LogP contribution in [0.4, 0.5) is 0 Å². The smallest absolute Gasteiger partial charge is 0.315 e. The van der Waals surface area contributed by atoms with E-state index in [1.165, 1.54) is 6.92 Å². The molecule has 0 spiro atoms. The largest absolute Gasteiger partial charge is 0.481 e. The van der Waals surface area contributed by atoms with Gasteiger partial charge in [-0.1, -0.05) is 13.8 Å². The molecule has 0 radical (unpaired) electrons. The number of nitrogens with one attached hydrogen (secondary N) is 1. The molecular formula is C13H23NO4. The van der Waals surface area contributed by atoms with Crippen molar-refractivity contribution in [3.8, 4) is 0 Å². The third-order valence-electron chi connectivity index (χ3n) is 3.89. The lowest BCUT2D eigenvalue weighted by Crippen LogP contribution is -2.48. The Morgan fingerprint density at radius 3 is 2.17 bits per heavy atom. The number of hydrogen-bond donors (Lipinski definition) is 3. The zero-order valence-corrected chi connectivity index (χ0v) is 11.3. The average Bonchev–Trinajstić information content (AvgIpc) is 2.30. The second-order valence-corrected chi connectivity index (χ2v) is 6.17. The number of carbonyl (C=O) groups excluding carboxylic acids is 1. The summed E-state index contributed by atoms with van der Waals surface area (Å²) in [5, 5.41) is 21.5. The number of aliphatic hydroxyl groups is 1. The summed E-state index contributed by atoms with van der Waals surface area (Å²) < 4.78 is 0. The van der Waals surface area contributed by atoms with Crippen molar-refractivity contribution in [2.24, 2.45) is 11.3 Å². The Kier molecular flexibility index (Phi) is 4.37. The summed E-state index contributed by atoms with van der Waals surface area (Å²) in [6, 6.07) is 0. The van der Waals surface area contributed by atoms with Crippen LogP contribution in [0.25, 0.3) is 0 Å². The Bertz CT molecular complexity index is 328. The van der Waals surface area contributed by atoms with E-state index in [9.17, 15) is 14.7 Å². The molecule has 1 saturated carbocycles. The predicted octanol–water partition coefficient (Wildman–Crippen LogP) is 1.15. The van der Waals surface area contributed by atoms with E-state index in [1.54, 1.807) is 0 Å². The number of rotatable bonds is 4. The van der Waals surface area contributed by atoms with Crippen molar-refractivity contribution in [1.29, 1.82) is 0 Å². The Morgan fingerprint density at radius 1 is 1.22 bits per heavy atom. The van der Waals surface area contributed by atoms with Gasteiger partial charge in [0.05, 0.1) is 5.60 Å². The highest BCUT2D eigenvalue weighted by Gasteiger charge is 2.37. The van der Waals surface area contributed by atoms with E-state index in [1.807, 2.05) is 0 Å². The van der Waals surface area contributed by atoms with Gasteiger partial charge in [0.15, 0.2) is 0 Å². The van der Waals surface area contributed by atoms with Crippen molar-refractivity contribution in [1.82, 2.24) is 5.32 Å². The molecule has 104 valence electrons. The highest BCUT2D eigenvalue weighted by atomic mass is 16.4. The van der Waals surface area contributed by atoms with Gasteiger partial charge < -0.3 is 15.5 Å². The van der Waals surface area contributed by atoms with Gasteiger partial charge in [0.1, 0.15) is 5.92 Å². The fourth-order valence-electron chi connectivity index (χ4n) is 2.09. The van der Waals surface area contributed by atoms with E-state index in [0.29, 0.717) is 12.8 Å². The van der Waals surface area contributed by atoms with Crippen LogP contribution in [-0.4, -0.2) is 34.2 Å². The number of carboxylic acids is 1. The molecule has 0 saturated heterocycles. The van der Waals surface area contributed by atoms with Gasteiger partial charge in [-0.15, -0.1) is 0 Å². The van der Waals surface area contributed by atoms with Crippen LogP contribution in [0.3, 0.4) is 0 Å². The van der Waals surface area contributed by atoms with Gasteiger partial charge >= 0.3 is 5.97 Å². The van der Waals surface area contributed by atoms with Crippen molar-refractivity contribution in [3.63, 3.8) is 0 Å². The third-order valence-corrected chi connectivity index (χ3v) is 3.89. The first-order valence-corrected chi connectivity index (χ1v) is 6.38. The Balaban J connectivity index is 2.44. The molecule has 0 aromatic carbocycles. The molecular weight excluding hydrogens is 234 g/mol. The minimum atomic E-state index is -1.15. The summed E-state index contributed by atoms with van der Waals surface area (Å²) >= 11 is 0. The lowest BCUT2D eigenvalue weighted by atomic mass is 9.71. The fraction of sp³-hybridized carbons (Fsp3) is 0.846. The van der Waals surface area contributed by atoms with Crippen LogP contribution >= 0.6 is 0 Å². The van der Waals surface area contributed by atoms with Gasteiger partial charge in [0, 0.05) is 6.54 Å². The maximum Gasteiger partial charge on any atom is 0.315 e. The summed E-state index contributed by atoms with van der Waals surface area (Å²) in [6.07, 6.45) is 3.10. The lowest BCUT2D eigenvalue weighted by Gasteiger charge is -2.40. The second kappa shape index (κ2) is 5.26. The number of hydrogen-bond acceptors (Lipinski definition) is 3. The molecule has 3 N–H and O–H groups in total. The Hall–Kier alpha value is -1.10. The molecule has 1 aliphatic carbocycles. The van der Waals surface area contributed by atoms with Crippen LogP contribution in [0.15, 0.2) is 0 Å². The number of aliphatic carboxylic acids is 1. The summed E-state index contributed by atoms with van der Waals surface area (Å²) in [7, 11) is 0. The summed E-state index contributed by atoms with van der Waals surface area (Å²) in [5.74, 6) is -2.77. The van der Waals surface area contributed by atoms with E-state index < -0.39 is 23.4 Å². The van der Waals surface area contributed by atoms with Crippen LogP contribution in [0.5, 0.6) is 0 Å². The minimum absolute atomic E-state index is 0.138. The molecule has 18 heavy (non-hydrogen) atoms. The molecule has 0 aromatic heterocycles. The molecule has 0 aliphatic heterocycles. The van der Waals surface area contributed by atoms with Crippen molar-refractivity contribution in [3.05, 3.63) is 0 Å². The highest BCUT2D eigenvalue weighted by Crippen LogP contribution is 2.39. The van der Waals surface area contributed by atoms with E-state index in [4.69, 9.17) is 5.11 Å². The van der Waals surface area contributed by atoms with E-state index in [-0.39, 0.29) is 12.0 Å². The van der Waals surface area contributed by atoms with Crippen LogP contribution in [0.1, 0.15) is 46.5 Å². The average molecular weight is 257 g/mol. The molecule has 1 unspecified atom stereocenters. The van der Waals surface area contributed by atoms with Crippen LogP contribution in [0, 0.1) is 11.3 Å². The molecule has 1 amide bonds. The summed E-state index contributed by atoms with van der Waals surface area (Å²) in [6.45, 7) is 5.81. The zero-order valence-electron chi connectivity index (χ0n) is 11.3. The predicted molar refractivity (Wildman–Crippen MR) is 67.0 cm³/mol. The van der Waals surface area contributed by atoms with E-state index >= 15 is 0 Å². The molecule has 0 heterocycles. The van der Waals surface area contributed by atoms with Gasteiger partial charge in [-0.3, -0.25) is 9.59 Å². The molecule has 5 heteroatoms. The topological polar surface area (TPSA) is 86.6 Å². The van der Waals surface area contributed by atoms with Crippen LogP contribution in [0.2, 0.25) is 0 Å². The monoisotopic (exact) mass is 257 g/mol. The van der Waals surface area contributed by atoms with Gasteiger partial charge in [-0.2, -0.15) is 0 Å². The van der Waals surface area contributed by atoms with Crippen LogP contribution in [-0.2, 0) is 9.59 Å². The molecule has 1 aliphatic rings. The molecule has 5 nitrogen and oxygen atoms in total. The summed E-state index contributed by atoms with van der Waals surface area (Å²) in [5.41, 5.74) is -0.645. The fourth-order valence-corrected chi connectivity index (χ4v) is 2.09. The first-order chi connectivity index (χ1) is 8.15. The number of amides is 1. The van der Waals surface area contributed by atoms with Gasteiger partial charge in [0.25, 0.3) is 0 Å². The van der Waals surface area contributed by atoms with Crippen molar-refractivity contribution >= 4 is 11.9 Å². The van der Waals surface area contributed by atoms with Crippen LogP contribution < -0.4 is 5.32 Å². The van der Waals surface area contributed by atoms with Gasteiger partial charge in [0.2, 0.25) is 5.91 Å². The maximum atomic E-state index is 11.5. The molecule has 0 bridgehead atoms. The second-order valence-electron chi connectivity index (χ2n) is 6.17. The standard InChI is InChI=1S/C13H23NO4/c1-9(11(16)17)10(15)14-8-13(18)6-4-12(2,3)5-7-13/h9,18H,4-8H2,1-3H3,(H,14,15)(H,16,17). The normalized spacial score (nSPS) is 23.1. The van der Waals surface area contributed by atoms with Crippen molar-refractivity contribution in [2.45, 2.75) is 52.1 Å². The van der Waals surface area contributed by atoms with Crippen molar-refractivity contribution < 1.29 is 19.8 Å². The SMILES string of the molecule is CC(C(=O)O)C(=O)NCC1(O)CCC(C)(C)CC1. The zero-order chi connectivity index (χ0) is 14.0. The maximum absolute atomic E-state index is 11.5. The first-order valence-electron chi connectivity index (χ1n) is 6.38. The minimum Gasteiger partial charge on any atom is -0.481 e. The Morgan fingerprint density at radius 2 is 1.72 bits per heavy atom. The van der Waals surface area contributed by atoms with Gasteiger partial charge in [-0.25, -0.2) is 0 Å². The molecule has 1 atom stereocenters. The molecule has 1 fully saturated rings. The molecule has 1 rings (SSSR count). The highest BCUT2D eigenvalue weighted by molar-refractivity contribution is 5.96. The Labute approximate surface area is 108 Å². The molecule has 0 aromatic rings. The first kappa shape index (κ1) is 15.0. The van der Waals surface area contributed by atoms with E-state index in [2.05, 4.69) is 19.2 Å². The number of carbonyl (C=O) groups is 2. The van der Waals surface area contributed by atoms with Gasteiger partial charge in [-0.05, 0) is 38.0 Å². The lowest BCUT2D eigenvalue weighted by molar-refractivity contribution is -0.146. The quantitative estimate of drug-likeness (QED) is 0.659. The van der Waals surface area contributed by atoms with E-state index in [0.717, 1.165) is 12.8 Å².